The van der Waals surface area contributed by atoms with E-state index in [0.717, 1.165) is 16.2 Å². The Morgan fingerprint density at radius 3 is 2.24 bits per heavy atom. The molecule has 0 bridgehead atoms. The SMILES string of the molecule is COc1ccc(CN)c(Sc2ccc(C(C)(C)C)cc2)c1. The lowest BCUT2D eigenvalue weighted by Crippen LogP contribution is -2.10. The molecule has 3 heteroatoms. The Bertz CT molecular complexity index is 600. The fraction of sp³-hybridized carbons (Fsp3) is 0.333. The van der Waals surface area contributed by atoms with E-state index in [9.17, 15) is 0 Å². The van der Waals surface area contributed by atoms with Crippen LogP contribution in [0.5, 0.6) is 5.75 Å². The van der Waals surface area contributed by atoms with Crippen LogP contribution in [0, 0.1) is 0 Å². The van der Waals surface area contributed by atoms with Crippen LogP contribution in [-0.4, -0.2) is 7.11 Å². The topological polar surface area (TPSA) is 35.2 Å². The van der Waals surface area contributed by atoms with Crippen LogP contribution in [0.15, 0.2) is 52.3 Å². The van der Waals surface area contributed by atoms with Crippen molar-refractivity contribution in [1.82, 2.24) is 0 Å². The Morgan fingerprint density at radius 2 is 1.71 bits per heavy atom. The Hall–Kier alpha value is -1.45. The number of nitrogens with two attached hydrogens (primary N) is 1. The van der Waals surface area contributed by atoms with Crippen molar-refractivity contribution < 1.29 is 4.74 Å². The van der Waals surface area contributed by atoms with Gasteiger partial charge in [-0.15, -0.1) is 0 Å². The molecule has 0 saturated heterocycles. The molecule has 2 N–H and O–H groups in total. The third kappa shape index (κ3) is 4.02. The first-order valence-corrected chi connectivity index (χ1v) is 7.91. The zero-order valence-electron chi connectivity index (χ0n) is 13.1. The summed E-state index contributed by atoms with van der Waals surface area (Å²) in [4.78, 5) is 2.37. The maximum atomic E-state index is 5.82. The quantitative estimate of drug-likeness (QED) is 0.896. The summed E-state index contributed by atoms with van der Waals surface area (Å²) in [5, 5.41) is 0. The van der Waals surface area contributed by atoms with Gasteiger partial charge >= 0.3 is 0 Å². The molecule has 112 valence electrons. The second kappa shape index (κ2) is 6.54. The van der Waals surface area contributed by atoms with Crippen LogP contribution in [0.3, 0.4) is 0 Å². The van der Waals surface area contributed by atoms with Crippen LogP contribution >= 0.6 is 11.8 Å². The largest absolute Gasteiger partial charge is 0.497 e. The van der Waals surface area contributed by atoms with Crippen molar-refractivity contribution in [2.45, 2.75) is 42.5 Å². The predicted molar refractivity (Wildman–Crippen MR) is 90.2 cm³/mol. The van der Waals surface area contributed by atoms with Gasteiger partial charge in [-0.2, -0.15) is 0 Å². The standard InChI is InChI=1S/C18H23NOS/c1-18(2,3)14-6-9-16(10-7-14)21-17-11-15(20-4)8-5-13(17)12-19/h5-11H,12,19H2,1-4H3. The van der Waals surface area contributed by atoms with Crippen LogP contribution in [0.2, 0.25) is 0 Å². The van der Waals surface area contributed by atoms with Gasteiger partial charge in [0.2, 0.25) is 0 Å². The van der Waals surface area contributed by atoms with Gasteiger partial charge in [-0.25, -0.2) is 0 Å². The van der Waals surface area contributed by atoms with Crippen LogP contribution in [-0.2, 0) is 12.0 Å². The zero-order valence-corrected chi connectivity index (χ0v) is 14.0. The minimum absolute atomic E-state index is 0.182. The zero-order chi connectivity index (χ0) is 15.5. The van der Waals surface area contributed by atoms with Crippen LogP contribution < -0.4 is 10.5 Å². The lowest BCUT2D eigenvalue weighted by atomic mass is 9.87. The van der Waals surface area contributed by atoms with E-state index in [2.05, 4.69) is 45.0 Å². The number of methoxy groups -OCH3 is 1. The highest BCUT2D eigenvalue weighted by atomic mass is 32.2. The van der Waals surface area contributed by atoms with E-state index in [1.54, 1.807) is 18.9 Å². The van der Waals surface area contributed by atoms with Crippen LogP contribution in [0.4, 0.5) is 0 Å². The van der Waals surface area contributed by atoms with Gasteiger partial charge in [-0.3, -0.25) is 0 Å². The highest BCUT2D eigenvalue weighted by Crippen LogP contribution is 2.34. The molecule has 0 unspecified atom stereocenters. The fourth-order valence-corrected chi connectivity index (χ4v) is 3.06. The molecule has 0 heterocycles. The second-order valence-electron chi connectivity index (χ2n) is 6.05. The second-order valence-corrected chi connectivity index (χ2v) is 7.17. The van der Waals surface area contributed by atoms with E-state index >= 15 is 0 Å². The summed E-state index contributed by atoms with van der Waals surface area (Å²) in [5.41, 5.74) is 8.49. The Balaban J connectivity index is 2.25. The summed E-state index contributed by atoms with van der Waals surface area (Å²) in [6.45, 7) is 7.21. The van der Waals surface area contributed by atoms with Crippen molar-refractivity contribution in [1.29, 1.82) is 0 Å². The molecule has 0 fully saturated rings. The van der Waals surface area contributed by atoms with E-state index in [1.807, 2.05) is 18.2 Å². The van der Waals surface area contributed by atoms with Gasteiger partial charge in [-0.1, -0.05) is 50.7 Å². The first kappa shape index (κ1) is 15.9. The minimum atomic E-state index is 0.182. The molecule has 0 aliphatic heterocycles. The Morgan fingerprint density at radius 1 is 1.05 bits per heavy atom. The molecule has 0 saturated carbocycles. The third-order valence-electron chi connectivity index (χ3n) is 3.44. The summed E-state index contributed by atoms with van der Waals surface area (Å²) in [5.74, 6) is 0.862. The first-order valence-electron chi connectivity index (χ1n) is 7.09. The monoisotopic (exact) mass is 301 g/mol. The van der Waals surface area contributed by atoms with Gasteiger partial charge < -0.3 is 10.5 Å². The van der Waals surface area contributed by atoms with Gasteiger partial charge in [0.25, 0.3) is 0 Å². The molecule has 2 aromatic carbocycles. The van der Waals surface area contributed by atoms with Gasteiger partial charge in [0, 0.05) is 16.3 Å². The number of hydrogen-bond donors (Lipinski definition) is 1. The highest BCUT2D eigenvalue weighted by molar-refractivity contribution is 7.99. The van der Waals surface area contributed by atoms with Gasteiger partial charge in [0.15, 0.2) is 0 Å². The van der Waals surface area contributed by atoms with Crippen molar-refractivity contribution in [2.24, 2.45) is 5.73 Å². The maximum absolute atomic E-state index is 5.82. The molecule has 0 aliphatic rings. The van der Waals surface area contributed by atoms with Crippen molar-refractivity contribution in [3.63, 3.8) is 0 Å². The number of hydrogen-bond acceptors (Lipinski definition) is 3. The van der Waals surface area contributed by atoms with E-state index in [-0.39, 0.29) is 5.41 Å². The average Bonchev–Trinajstić information content (AvgIpc) is 2.46. The first-order chi connectivity index (χ1) is 9.94. The number of ether oxygens (including phenoxy) is 1. The van der Waals surface area contributed by atoms with Gasteiger partial charge in [0.05, 0.1) is 7.11 Å². The maximum Gasteiger partial charge on any atom is 0.120 e. The summed E-state index contributed by atoms with van der Waals surface area (Å²) in [7, 11) is 1.68. The lowest BCUT2D eigenvalue weighted by Gasteiger charge is -2.19. The molecular weight excluding hydrogens is 278 g/mol. The minimum Gasteiger partial charge on any atom is -0.497 e. The molecule has 0 atom stereocenters. The molecule has 0 spiro atoms. The van der Waals surface area contributed by atoms with Crippen LogP contribution in [0.25, 0.3) is 0 Å². The molecule has 21 heavy (non-hydrogen) atoms. The summed E-state index contributed by atoms with van der Waals surface area (Å²) in [6.07, 6.45) is 0. The molecule has 0 aliphatic carbocycles. The van der Waals surface area contributed by atoms with E-state index in [1.165, 1.54) is 10.5 Å². The number of benzene rings is 2. The lowest BCUT2D eigenvalue weighted by molar-refractivity contribution is 0.413. The van der Waals surface area contributed by atoms with Crippen molar-refractivity contribution in [3.8, 4) is 5.75 Å². The smallest absolute Gasteiger partial charge is 0.120 e. The van der Waals surface area contributed by atoms with Gasteiger partial charge in [0.1, 0.15) is 5.75 Å². The van der Waals surface area contributed by atoms with E-state index in [0.29, 0.717) is 6.54 Å². The molecular formula is C18H23NOS. The third-order valence-corrected chi connectivity index (χ3v) is 4.55. The molecule has 0 radical (unpaired) electrons. The average molecular weight is 301 g/mol. The van der Waals surface area contributed by atoms with Crippen molar-refractivity contribution in [2.75, 3.05) is 7.11 Å². The molecule has 2 aromatic rings. The predicted octanol–water partition coefficient (Wildman–Crippen LogP) is 4.60. The Labute approximate surface area is 131 Å². The molecule has 2 rings (SSSR count). The summed E-state index contributed by atoms with van der Waals surface area (Å²) < 4.78 is 5.30. The highest BCUT2D eigenvalue weighted by Gasteiger charge is 2.13. The van der Waals surface area contributed by atoms with Gasteiger partial charge in [-0.05, 0) is 40.8 Å². The van der Waals surface area contributed by atoms with Crippen molar-refractivity contribution >= 4 is 11.8 Å². The van der Waals surface area contributed by atoms with Crippen LogP contribution in [0.1, 0.15) is 31.9 Å². The molecule has 0 amide bonds. The molecule has 2 nitrogen and oxygen atoms in total. The fourth-order valence-electron chi connectivity index (χ4n) is 2.08. The number of rotatable bonds is 4. The summed E-state index contributed by atoms with van der Waals surface area (Å²) >= 11 is 1.73. The molecule has 0 aromatic heterocycles. The van der Waals surface area contributed by atoms with Crippen molar-refractivity contribution in [3.05, 3.63) is 53.6 Å². The van der Waals surface area contributed by atoms with E-state index < -0.39 is 0 Å². The Kier molecular flexibility index (Phi) is 4.96. The van der Waals surface area contributed by atoms with E-state index in [4.69, 9.17) is 10.5 Å². The normalized spacial score (nSPS) is 11.5. The summed E-state index contributed by atoms with van der Waals surface area (Å²) in [6, 6.07) is 14.8.